The third-order valence-corrected chi connectivity index (χ3v) is 7.14. The number of amides is 2. The second kappa shape index (κ2) is 9.33. The van der Waals surface area contributed by atoms with Gasteiger partial charge in [-0.2, -0.15) is 0 Å². The fraction of sp³-hybridized carbons (Fsp3) is 0.192. The predicted octanol–water partition coefficient (Wildman–Crippen LogP) is 6.11. The summed E-state index contributed by atoms with van der Waals surface area (Å²) in [5.41, 5.74) is 2.30. The zero-order chi connectivity index (χ0) is 22.8. The fourth-order valence-electron chi connectivity index (χ4n) is 4.26. The topological polar surface area (TPSA) is 62.3 Å². The summed E-state index contributed by atoms with van der Waals surface area (Å²) in [6.07, 6.45) is 1.26. The molecule has 2 amide bonds. The van der Waals surface area contributed by atoms with Crippen LogP contribution < -0.4 is 5.32 Å². The van der Waals surface area contributed by atoms with E-state index >= 15 is 0 Å². The average molecular weight is 476 g/mol. The minimum absolute atomic E-state index is 0.0231. The molecule has 1 aliphatic rings. The lowest BCUT2D eigenvalue weighted by Crippen LogP contribution is -2.41. The Morgan fingerprint density at radius 2 is 1.70 bits per heavy atom. The summed E-state index contributed by atoms with van der Waals surface area (Å²) < 4.78 is 0. The maximum atomic E-state index is 13.2. The van der Waals surface area contributed by atoms with Gasteiger partial charge < -0.3 is 10.2 Å². The first kappa shape index (κ1) is 21.6. The minimum Gasteiger partial charge on any atom is -0.339 e. The molecular weight excluding hydrogens is 454 g/mol. The Labute approximate surface area is 201 Å². The van der Waals surface area contributed by atoms with E-state index in [1.165, 1.54) is 11.3 Å². The number of carbonyl (C=O) groups excluding carboxylic acids is 2. The molecule has 7 heteroatoms. The van der Waals surface area contributed by atoms with Crippen molar-refractivity contribution in [2.24, 2.45) is 5.92 Å². The van der Waals surface area contributed by atoms with Crippen LogP contribution in [0.5, 0.6) is 0 Å². The van der Waals surface area contributed by atoms with E-state index in [-0.39, 0.29) is 17.7 Å². The van der Waals surface area contributed by atoms with Crippen LogP contribution in [0.1, 0.15) is 23.2 Å². The van der Waals surface area contributed by atoms with Crippen LogP contribution in [0.15, 0.2) is 72.1 Å². The van der Waals surface area contributed by atoms with Gasteiger partial charge in [-0.1, -0.05) is 66.2 Å². The van der Waals surface area contributed by atoms with Crippen molar-refractivity contribution >= 4 is 50.7 Å². The molecule has 0 atom stereocenters. The lowest BCUT2D eigenvalue weighted by atomic mass is 9.95. The molecule has 4 aromatic rings. The molecule has 33 heavy (non-hydrogen) atoms. The van der Waals surface area contributed by atoms with E-state index in [1.54, 1.807) is 0 Å². The molecule has 1 saturated heterocycles. The Balaban J connectivity index is 1.21. The number of likely N-dealkylation sites (tertiary alicyclic amines) is 1. The number of rotatable bonds is 4. The van der Waals surface area contributed by atoms with Crippen molar-refractivity contribution in [3.05, 3.63) is 82.7 Å². The summed E-state index contributed by atoms with van der Waals surface area (Å²) in [5, 5.41) is 8.04. The van der Waals surface area contributed by atoms with Crippen LogP contribution in [0.2, 0.25) is 5.02 Å². The number of nitrogens with zero attached hydrogens (tertiary/aromatic N) is 2. The van der Waals surface area contributed by atoms with Gasteiger partial charge in [0.15, 0.2) is 5.13 Å². The summed E-state index contributed by atoms with van der Waals surface area (Å²) in [7, 11) is 0. The van der Waals surface area contributed by atoms with Gasteiger partial charge in [-0.3, -0.25) is 9.59 Å². The number of benzene rings is 3. The van der Waals surface area contributed by atoms with Crippen LogP contribution in [-0.2, 0) is 4.79 Å². The van der Waals surface area contributed by atoms with Crippen LogP contribution in [-0.4, -0.2) is 34.8 Å². The molecule has 0 saturated carbocycles. The smallest absolute Gasteiger partial charge is 0.254 e. The third kappa shape index (κ3) is 4.49. The molecule has 0 spiro atoms. The highest BCUT2D eigenvalue weighted by Crippen LogP contribution is 2.31. The number of carbonyl (C=O) groups is 2. The third-order valence-electron chi connectivity index (χ3n) is 6.06. The molecule has 1 N–H and O–H groups in total. The fourth-order valence-corrected chi connectivity index (χ4v) is 5.20. The zero-order valence-electron chi connectivity index (χ0n) is 17.8. The van der Waals surface area contributed by atoms with E-state index in [1.807, 2.05) is 77.0 Å². The normalized spacial score (nSPS) is 14.4. The summed E-state index contributed by atoms with van der Waals surface area (Å²) in [5.74, 6) is -0.170. The van der Waals surface area contributed by atoms with Gasteiger partial charge in [0.1, 0.15) is 0 Å². The van der Waals surface area contributed by atoms with Crippen LogP contribution >= 0.6 is 22.9 Å². The van der Waals surface area contributed by atoms with Crippen molar-refractivity contribution in [2.45, 2.75) is 12.8 Å². The highest BCUT2D eigenvalue weighted by molar-refractivity contribution is 7.14. The first-order valence-corrected chi connectivity index (χ1v) is 12.1. The van der Waals surface area contributed by atoms with Crippen LogP contribution in [0.4, 0.5) is 5.13 Å². The summed E-state index contributed by atoms with van der Waals surface area (Å²) in [6.45, 7) is 1.12. The standard InChI is InChI=1S/C26H22ClN3O2S/c27-22-11-4-3-9-21(22)23-16-33-26(28-23)29-24(31)18-12-14-30(15-13-18)25(32)20-10-5-7-17-6-1-2-8-19(17)20/h1-11,16,18H,12-15H2,(H,28,29,31). The number of halogens is 1. The van der Waals surface area contributed by atoms with Crippen molar-refractivity contribution < 1.29 is 9.59 Å². The summed E-state index contributed by atoms with van der Waals surface area (Å²) >= 11 is 7.64. The van der Waals surface area contributed by atoms with Gasteiger partial charge in [-0.25, -0.2) is 4.98 Å². The number of piperidine rings is 1. The number of nitrogens with one attached hydrogen (secondary N) is 1. The van der Waals surface area contributed by atoms with Gasteiger partial charge in [0.25, 0.3) is 5.91 Å². The number of fused-ring (bicyclic) bond motifs is 1. The van der Waals surface area contributed by atoms with E-state index in [0.717, 1.165) is 22.0 Å². The van der Waals surface area contributed by atoms with E-state index in [0.29, 0.717) is 41.6 Å². The summed E-state index contributed by atoms with van der Waals surface area (Å²) in [4.78, 5) is 32.4. The number of hydrogen-bond donors (Lipinski definition) is 1. The Hall–Kier alpha value is -3.22. The lowest BCUT2D eigenvalue weighted by Gasteiger charge is -2.31. The van der Waals surface area contributed by atoms with E-state index in [2.05, 4.69) is 10.3 Å². The van der Waals surface area contributed by atoms with Crippen LogP contribution in [0.25, 0.3) is 22.0 Å². The molecule has 0 radical (unpaired) electrons. The van der Waals surface area contributed by atoms with E-state index < -0.39 is 0 Å². The number of anilines is 1. The van der Waals surface area contributed by atoms with E-state index in [9.17, 15) is 9.59 Å². The van der Waals surface area contributed by atoms with Gasteiger partial charge in [-0.15, -0.1) is 11.3 Å². The van der Waals surface area contributed by atoms with E-state index in [4.69, 9.17) is 11.6 Å². The van der Waals surface area contributed by atoms with Crippen molar-refractivity contribution in [3.63, 3.8) is 0 Å². The Morgan fingerprint density at radius 3 is 2.52 bits per heavy atom. The maximum absolute atomic E-state index is 13.2. The molecule has 5 nitrogen and oxygen atoms in total. The largest absolute Gasteiger partial charge is 0.339 e. The van der Waals surface area contributed by atoms with Crippen LogP contribution in [0, 0.1) is 5.92 Å². The highest BCUT2D eigenvalue weighted by atomic mass is 35.5. The first-order valence-electron chi connectivity index (χ1n) is 10.9. The zero-order valence-corrected chi connectivity index (χ0v) is 19.4. The van der Waals surface area contributed by atoms with Gasteiger partial charge in [0, 0.05) is 40.5 Å². The van der Waals surface area contributed by atoms with Gasteiger partial charge in [0.05, 0.1) is 5.69 Å². The van der Waals surface area contributed by atoms with Crippen molar-refractivity contribution in [2.75, 3.05) is 18.4 Å². The minimum atomic E-state index is -0.144. The van der Waals surface area contributed by atoms with Gasteiger partial charge in [-0.05, 0) is 35.7 Å². The quantitative estimate of drug-likeness (QED) is 0.387. The molecule has 1 aromatic heterocycles. The molecule has 0 aliphatic carbocycles. The predicted molar refractivity (Wildman–Crippen MR) is 134 cm³/mol. The maximum Gasteiger partial charge on any atom is 0.254 e. The van der Waals surface area contributed by atoms with Crippen molar-refractivity contribution in [3.8, 4) is 11.3 Å². The van der Waals surface area contributed by atoms with Gasteiger partial charge >= 0.3 is 0 Å². The molecule has 1 aliphatic heterocycles. The molecule has 1 fully saturated rings. The lowest BCUT2D eigenvalue weighted by molar-refractivity contribution is -0.121. The Bertz CT molecular complexity index is 1320. The van der Waals surface area contributed by atoms with Crippen molar-refractivity contribution in [1.29, 1.82) is 0 Å². The second-order valence-electron chi connectivity index (χ2n) is 8.10. The molecule has 0 bridgehead atoms. The Morgan fingerprint density at radius 1 is 0.970 bits per heavy atom. The second-order valence-corrected chi connectivity index (χ2v) is 9.37. The molecule has 166 valence electrons. The van der Waals surface area contributed by atoms with Crippen LogP contribution in [0.3, 0.4) is 0 Å². The molecule has 2 heterocycles. The SMILES string of the molecule is O=C(Nc1nc(-c2ccccc2Cl)cs1)C1CCN(C(=O)c2cccc3ccccc23)CC1. The monoisotopic (exact) mass is 475 g/mol. The number of hydrogen-bond acceptors (Lipinski definition) is 4. The average Bonchev–Trinajstić information content (AvgIpc) is 3.31. The molecule has 3 aromatic carbocycles. The number of thiazole rings is 1. The highest BCUT2D eigenvalue weighted by Gasteiger charge is 2.29. The molecular formula is C26H22ClN3O2S. The van der Waals surface area contributed by atoms with Crippen molar-refractivity contribution in [1.82, 2.24) is 9.88 Å². The van der Waals surface area contributed by atoms with Gasteiger partial charge in [0.2, 0.25) is 5.91 Å². The number of aromatic nitrogens is 1. The first-order chi connectivity index (χ1) is 16.1. The molecule has 0 unspecified atom stereocenters. The molecule has 5 rings (SSSR count). The summed E-state index contributed by atoms with van der Waals surface area (Å²) in [6, 6.07) is 21.2. The Kier molecular flexibility index (Phi) is 6.11.